The third-order valence-corrected chi connectivity index (χ3v) is 4.58. The fourth-order valence-electron chi connectivity index (χ4n) is 2.39. The highest BCUT2D eigenvalue weighted by atomic mass is 32.1. The molecule has 0 bridgehead atoms. The maximum Gasteiger partial charge on any atom is 0.266 e. The first kappa shape index (κ1) is 19.3. The number of nitrogens with one attached hydrogen (secondary N) is 1. The number of nitrogens with zero attached hydrogens (tertiary/aromatic N) is 2. The van der Waals surface area contributed by atoms with Crippen molar-refractivity contribution in [2.75, 3.05) is 12.4 Å². The summed E-state index contributed by atoms with van der Waals surface area (Å²) in [7, 11) is 1.40. The second kappa shape index (κ2) is 8.50. The van der Waals surface area contributed by atoms with Gasteiger partial charge in [-0.15, -0.1) is 11.3 Å². The van der Waals surface area contributed by atoms with Crippen LogP contribution in [0.4, 0.5) is 9.52 Å². The zero-order valence-electron chi connectivity index (χ0n) is 15.1. The van der Waals surface area contributed by atoms with Crippen molar-refractivity contribution in [2.45, 2.75) is 13.0 Å². The van der Waals surface area contributed by atoms with Crippen LogP contribution in [0.15, 0.2) is 47.8 Å². The minimum atomic E-state index is -0.792. The number of benzene rings is 2. The number of hydrogen-bond acceptors (Lipinski definition) is 6. The number of amides is 1. The molecule has 8 heteroatoms. The number of nitriles is 1. The summed E-state index contributed by atoms with van der Waals surface area (Å²) in [4.78, 5) is 16.7. The Labute approximate surface area is 165 Å². The van der Waals surface area contributed by atoms with Crippen molar-refractivity contribution in [1.29, 1.82) is 5.26 Å². The molecule has 1 unspecified atom stereocenters. The molecular formula is C20H16FN3O3S. The highest BCUT2D eigenvalue weighted by molar-refractivity contribution is 7.14. The predicted molar refractivity (Wildman–Crippen MR) is 104 cm³/mol. The molecule has 1 amide bonds. The van der Waals surface area contributed by atoms with Gasteiger partial charge >= 0.3 is 0 Å². The molecule has 0 spiro atoms. The van der Waals surface area contributed by atoms with Gasteiger partial charge in [0.25, 0.3) is 5.91 Å². The summed E-state index contributed by atoms with van der Waals surface area (Å²) < 4.78 is 24.3. The molecule has 1 heterocycles. The van der Waals surface area contributed by atoms with Crippen molar-refractivity contribution in [3.63, 3.8) is 0 Å². The van der Waals surface area contributed by atoms with E-state index in [2.05, 4.69) is 10.3 Å². The third kappa shape index (κ3) is 4.45. The molecule has 142 valence electrons. The summed E-state index contributed by atoms with van der Waals surface area (Å²) in [5, 5.41) is 13.7. The molecular weight excluding hydrogens is 381 g/mol. The number of halogens is 1. The van der Waals surface area contributed by atoms with Crippen LogP contribution in [0, 0.1) is 17.1 Å². The van der Waals surface area contributed by atoms with E-state index in [1.807, 2.05) is 6.07 Å². The first-order chi connectivity index (χ1) is 13.5. The molecule has 2 aromatic carbocycles. The molecule has 28 heavy (non-hydrogen) atoms. The van der Waals surface area contributed by atoms with Gasteiger partial charge in [-0.3, -0.25) is 10.1 Å². The van der Waals surface area contributed by atoms with Crippen LogP contribution >= 0.6 is 11.3 Å². The summed E-state index contributed by atoms with van der Waals surface area (Å²) in [5.74, 6) is -0.293. The molecule has 3 aromatic rings. The average Bonchev–Trinajstić information content (AvgIpc) is 3.16. The quantitative estimate of drug-likeness (QED) is 0.673. The Morgan fingerprint density at radius 2 is 2.14 bits per heavy atom. The molecule has 0 fully saturated rings. The Kier molecular flexibility index (Phi) is 5.87. The average molecular weight is 397 g/mol. The maximum absolute atomic E-state index is 13.9. The predicted octanol–water partition coefficient (Wildman–Crippen LogP) is 4.24. The van der Waals surface area contributed by atoms with Crippen LogP contribution in [-0.2, 0) is 4.79 Å². The molecule has 6 nitrogen and oxygen atoms in total. The molecule has 0 aliphatic carbocycles. The fraction of sp³-hybridized carbons (Fsp3) is 0.150. The van der Waals surface area contributed by atoms with Gasteiger partial charge in [0.2, 0.25) is 0 Å². The second-order valence-corrected chi connectivity index (χ2v) is 6.63. The van der Waals surface area contributed by atoms with Crippen LogP contribution < -0.4 is 14.8 Å². The second-order valence-electron chi connectivity index (χ2n) is 5.78. The third-order valence-electron chi connectivity index (χ3n) is 3.83. The van der Waals surface area contributed by atoms with Crippen molar-refractivity contribution in [2.24, 2.45) is 0 Å². The van der Waals surface area contributed by atoms with Crippen molar-refractivity contribution in [3.8, 4) is 28.8 Å². The van der Waals surface area contributed by atoms with Gasteiger partial charge in [-0.2, -0.15) is 5.26 Å². The largest absolute Gasteiger partial charge is 0.494 e. The lowest BCUT2D eigenvalue weighted by Crippen LogP contribution is -2.30. The van der Waals surface area contributed by atoms with Gasteiger partial charge in [0, 0.05) is 10.9 Å². The van der Waals surface area contributed by atoms with Gasteiger partial charge in [0.15, 0.2) is 22.8 Å². The van der Waals surface area contributed by atoms with E-state index >= 15 is 0 Å². The van der Waals surface area contributed by atoms with Gasteiger partial charge in [0.05, 0.1) is 24.4 Å². The molecule has 1 atom stereocenters. The Morgan fingerprint density at radius 3 is 2.86 bits per heavy atom. The lowest BCUT2D eigenvalue weighted by Gasteiger charge is -2.13. The number of thiazole rings is 1. The Bertz CT molecular complexity index is 1050. The van der Waals surface area contributed by atoms with Gasteiger partial charge in [-0.05, 0) is 43.3 Å². The number of carbonyl (C=O) groups is 1. The summed E-state index contributed by atoms with van der Waals surface area (Å²) >= 11 is 1.22. The lowest BCUT2D eigenvalue weighted by atomic mass is 10.1. The zero-order valence-corrected chi connectivity index (χ0v) is 15.9. The minimum Gasteiger partial charge on any atom is -0.494 e. The van der Waals surface area contributed by atoms with E-state index < -0.39 is 11.9 Å². The molecule has 1 N–H and O–H groups in total. The van der Waals surface area contributed by atoms with Crippen LogP contribution in [0.25, 0.3) is 11.3 Å². The van der Waals surface area contributed by atoms with Crippen molar-refractivity contribution < 1.29 is 18.7 Å². The smallest absolute Gasteiger partial charge is 0.266 e. The number of anilines is 1. The van der Waals surface area contributed by atoms with Gasteiger partial charge in [-0.1, -0.05) is 6.07 Å². The van der Waals surface area contributed by atoms with Crippen LogP contribution in [0.3, 0.4) is 0 Å². The van der Waals surface area contributed by atoms with Gasteiger partial charge in [0.1, 0.15) is 5.75 Å². The van der Waals surface area contributed by atoms with Crippen LogP contribution in [0.1, 0.15) is 12.5 Å². The van der Waals surface area contributed by atoms with Gasteiger partial charge in [-0.25, -0.2) is 9.37 Å². The van der Waals surface area contributed by atoms with Crippen molar-refractivity contribution in [1.82, 2.24) is 4.98 Å². The van der Waals surface area contributed by atoms with E-state index in [0.29, 0.717) is 27.7 Å². The monoisotopic (exact) mass is 397 g/mol. The minimum absolute atomic E-state index is 0.152. The van der Waals surface area contributed by atoms with E-state index in [9.17, 15) is 9.18 Å². The van der Waals surface area contributed by atoms with Crippen molar-refractivity contribution in [3.05, 3.63) is 59.2 Å². The Morgan fingerprint density at radius 1 is 1.32 bits per heavy atom. The summed E-state index contributed by atoms with van der Waals surface area (Å²) in [6.07, 6.45) is -0.792. The molecule has 0 saturated carbocycles. The molecule has 0 aliphatic heterocycles. The molecule has 1 aromatic heterocycles. The molecule has 0 aliphatic rings. The number of ether oxygens (including phenoxy) is 2. The number of carbonyl (C=O) groups excluding carboxylic acids is 1. The topological polar surface area (TPSA) is 84.2 Å². The Hall–Kier alpha value is -3.44. The van der Waals surface area contributed by atoms with Crippen LogP contribution in [-0.4, -0.2) is 24.1 Å². The summed E-state index contributed by atoms with van der Waals surface area (Å²) in [6.45, 7) is 1.60. The van der Waals surface area contributed by atoms with Crippen LogP contribution in [0.2, 0.25) is 0 Å². The highest BCUT2D eigenvalue weighted by Crippen LogP contribution is 2.28. The SMILES string of the molecule is COc1ccc(-c2csc(NC(=O)C(C)Oc3cccc(C#N)c3)n2)cc1F. The van der Waals surface area contributed by atoms with E-state index in [4.69, 9.17) is 14.7 Å². The molecule has 0 saturated heterocycles. The van der Waals surface area contributed by atoms with Crippen molar-refractivity contribution >= 4 is 22.4 Å². The van der Waals surface area contributed by atoms with Gasteiger partial charge < -0.3 is 9.47 Å². The Balaban J connectivity index is 1.66. The van der Waals surface area contributed by atoms with E-state index in [0.717, 1.165) is 0 Å². The number of rotatable bonds is 6. The summed E-state index contributed by atoms with van der Waals surface area (Å²) in [5.41, 5.74) is 1.56. The van der Waals surface area contributed by atoms with Crippen LogP contribution in [0.5, 0.6) is 11.5 Å². The standard InChI is InChI=1S/C20H16FN3O3S/c1-12(27-15-5-3-4-13(8-15)10-22)19(25)24-20-23-17(11-28-20)14-6-7-18(26-2)16(21)9-14/h3-9,11-12H,1-2H3,(H,23,24,25). The number of methoxy groups -OCH3 is 1. The number of aromatic nitrogens is 1. The van der Waals surface area contributed by atoms with E-state index in [1.165, 1.54) is 30.6 Å². The molecule has 3 rings (SSSR count). The zero-order chi connectivity index (χ0) is 20.1. The summed E-state index contributed by atoms with van der Waals surface area (Å²) in [6, 6.07) is 13.1. The fourth-order valence-corrected chi connectivity index (χ4v) is 3.12. The van der Waals surface area contributed by atoms with E-state index in [-0.39, 0.29) is 11.7 Å². The molecule has 0 radical (unpaired) electrons. The first-order valence-electron chi connectivity index (χ1n) is 8.27. The highest BCUT2D eigenvalue weighted by Gasteiger charge is 2.17. The number of hydrogen-bond donors (Lipinski definition) is 1. The normalized spacial score (nSPS) is 11.4. The maximum atomic E-state index is 13.9. The lowest BCUT2D eigenvalue weighted by molar-refractivity contribution is -0.122. The van der Waals surface area contributed by atoms with E-state index in [1.54, 1.807) is 42.6 Å². The first-order valence-corrected chi connectivity index (χ1v) is 9.15.